The maximum Gasteiger partial charge on any atom is 0.349 e. The van der Waals surface area contributed by atoms with Gasteiger partial charge in [0.15, 0.2) is 23.0 Å². The Kier molecular flexibility index (Phi) is 13.5. The van der Waals surface area contributed by atoms with Crippen LogP contribution in [0, 0.1) is 27.7 Å². The monoisotopic (exact) mass is 1060 g/mol. The molecule has 2 N–H and O–H groups in total. The van der Waals surface area contributed by atoms with Crippen LogP contribution in [0.1, 0.15) is 11.1 Å². The molecule has 4 heterocycles. The van der Waals surface area contributed by atoms with Crippen molar-refractivity contribution in [1.82, 2.24) is 39.0 Å². The molecule has 0 fully saturated rings. The Morgan fingerprint density at radius 2 is 1.26 bits per heavy atom. The van der Waals surface area contributed by atoms with Crippen molar-refractivity contribution in [3.05, 3.63) is 103 Å². The molecule has 0 radical (unpaired) electrons. The van der Waals surface area contributed by atoms with E-state index in [4.69, 9.17) is 23.2 Å². The van der Waals surface area contributed by atoms with Crippen LogP contribution in [-0.2, 0) is 56.2 Å². The maximum absolute atomic E-state index is 12.0. The zero-order valence-electron chi connectivity index (χ0n) is 27.5. The van der Waals surface area contributed by atoms with Crippen LogP contribution in [0.4, 0.5) is 11.4 Å². The fraction of sp³-hybridized carbons (Fsp3) is 0.250. The predicted molar refractivity (Wildman–Crippen MR) is 190 cm³/mol. The van der Waals surface area contributed by atoms with Crippen molar-refractivity contribution in [3.8, 4) is 23.0 Å². The van der Waals surface area contributed by atoms with Crippen LogP contribution in [0.25, 0.3) is 45.1 Å². The van der Waals surface area contributed by atoms with E-state index in [1.807, 2.05) is 38.1 Å². The first-order valence-corrected chi connectivity index (χ1v) is 15.5. The first-order valence-electron chi connectivity index (χ1n) is 14.6. The Morgan fingerprint density at radius 1 is 0.780 bits per heavy atom. The molecule has 0 atom stereocenters. The van der Waals surface area contributed by atoms with E-state index < -0.39 is 22.5 Å². The number of aryl methyl sites for hydroxylation is 4. The summed E-state index contributed by atoms with van der Waals surface area (Å²) in [6.07, 6.45) is 0. The molecule has 262 valence electrons. The van der Waals surface area contributed by atoms with Gasteiger partial charge in [0.25, 0.3) is 11.1 Å². The smallest absolute Gasteiger partial charge is 0.349 e. The third kappa shape index (κ3) is 7.78. The van der Waals surface area contributed by atoms with Gasteiger partial charge in [-0.05, 0) is 49.2 Å². The van der Waals surface area contributed by atoms with Crippen LogP contribution in [0.3, 0.4) is 0 Å². The zero-order valence-corrected chi connectivity index (χ0v) is 34.9. The van der Waals surface area contributed by atoms with Crippen molar-refractivity contribution in [2.45, 2.75) is 13.8 Å². The summed E-state index contributed by atoms with van der Waals surface area (Å²) in [5, 5.41) is 0.341. The molecule has 0 unspecified atom stereocenters. The van der Waals surface area contributed by atoms with Crippen LogP contribution in [0.5, 0.6) is 0 Å². The number of hydrogen-bond acceptors (Lipinski definition) is 10. The Labute approximate surface area is 324 Å². The van der Waals surface area contributed by atoms with E-state index in [-0.39, 0.29) is 65.2 Å². The van der Waals surface area contributed by atoms with Gasteiger partial charge < -0.3 is 32.8 Å². The van der Waals surface area contributed by atoms with Crippen molar-refractivity contribution in [3.63, 3.8) is 0 Å². The van der Waals surface area contributed by atoms with E-state index in [1.54, 1.807) is 28.1 Å². The van der Waals surface area contributed by atoms with E-state index in [0.717, 1.165) is 33.5 Å². The Balaban J connectivity index is 0.000000260. The predicted octanol–water partition coefficient (Wildman–Crippen LogP) is 3.08. The quantitative estimate of drug-likeness (QED) is 0.105. The van der Waals surface area contributed by atoms with Crippen LogP contribution < -0.4 is 32.3 Å². The van der Waals surface area contributed by atoms with Crippen molar-refractivity contribution < 1.29 is 42.1 Å². The van der Waals surface area contributed by atoms with Crippen LogP contribution in [0.2, 0.25) is 0 Å². The van der Waals surface area contributed by atoms with E-state index in [2.05, 4.69) is 55.2 Å². The van der Waals surface area contributed by atoms with Gasteiger partial charge in [0.2, 0.25) is 0 Å². The first-order chi connectivity index (χ1) is 22.8. The van der Waals surface area contributed by atoms with Gasteiger partial charge in [0, 0.05) is 80.0 Å². The number of rotatable bonds is 7. The number of aromatic nitrogens is 8. The van der Waals surface area contributed by atoms with Crippen LogP contribution >= 0.6 is 23.2 Å². The number of hydrogen-bond donors (Lipinski definition) is 2. The first kappa shape index (κ1) is 40.7. The van der Waals surface area contributed by atoms with Crippen molar-refractivity contribution in [2.75, 3.05) is 35.3 Å². The summed E-state index contributed by atoms with van der Waals surface area (Å²) in [4.78, 5) is 71.6. The molecule has 2 aromatic rings. The normalized spacial score (nSPS) is 10.8. The molecule has 14 nitrogen and oxygen atoms in total. The van der Waals surface area contributed by atoms with Gasteiger partial charge in [-0.3, -0.25) is 19.6 Å². The number of anilines is 2. The second kappa shape index (κ2) is 16.5. The number of nitrogens with zero attached hydrogens (tertiary/aromatic N) is 8. The number of aromatic amines is 2. The molecule has 0 aromatic heterocycles. The summed E-state index contributed by atoms with van der Waals surface area (Å²) in [6, 6.07) is 7.58. The molecular formula is C32H32Cl2N10O4W2-2. The standard InChI is InChI=1S/C16H15ClN5O2.C16H17ClN5O2.2W/c1-5-22(9(3)17)11-7-10-12(6-8(11)2)21(4)14-13(18-10)15(23)20-16(24)19-14;1-4-22(6-5-17)11-8-12-10(7-9(11)2)18-13-14(21(12)3)19-16(24)20-15(13)23;;/h6-7H,1,3,5H2,2,4H3,(H,20,23,24);7-8H,1,4-6H2,2-3H3,(H,20,23,24);;/q2*-1;;. The molecule has 50 heavy (non-hydrogen) atoms. The molecular weight excluding hydrogens is 1030 g/mol. The number of halogens is 2. The molecule has 0 aliphatic carbocycles. The van der Waals surface area contributed by atoms with Gasteiger partial charge in [-0.1, -0.05) is 18.2 Å². The summed E-state index contributed by atoms with van der Waals surface area (Å²) >= 11 is 11.9. The summed E-state index contributed by atoms with van der Waals surface area (Å²) in [5.41, 5.74) is 4.24. The third-order valence-electron chi connectivity index (χ3n) is 7.89. The Bertz CT molecular complexity index is 2390. The van der Waals surface area contributed by atoms with Gasteiger partial charge >= 0.3 is 11.4 Å². The fourth-order valence-corrected chi connectivity index (χ4v) is 5.90. The molecule has 6 rings (SSSR count). The Hall–Kier alpha value is -3.70. The second-order valence-electron chi connectivity index (χ2n) is 10.9. The van der Waals surface area contributed by atoms with Crippen molar-refractivity contribution in [1.29, 1.82) is 0 Å². The minimum absolute atomic E-state index is 0. The molecule has 0 spiro atoms. The summed E-state index contributed by atoms with van der Waals surface area (Å²) < 4.78 is 3.38. The molecule has 4 aliphatic heterocycles. The number of fused-ring (bicyclic) bond motifs is 4. The van der Waals surface area contributed by atoms with E-state index >= 15 is 0 Å². The van der Waals surface area contributed by atoms with Crippen molar-refractivity contribution in [2.24, 2.45) is 14.1 Å². The summed E-state index contributed by atoms with van der Waals surface area (Å²) in [6.45, 7) is 17.1. The van der Waals surface area contributed by atoms with Gasteiger partial charge in [-0.25, -0.2) is 19.6 Å². The molecule has 0 bridgehead atoms. The SMILES string of the molecule is C=C(Cl)N(C[CH2-])c1cc2nc3c(=O)[nH]c(=O)nc-3n(C)c2cc1C.[CH2-]CN(CCCl)c1cc2c(cc1C)nc1c(=O)[nH]c(=O)nc-1n2C.[W].[W]. The Morgan fingerprint density at radius 3 is 1.72 bits per heavy atom. The van der Waals surface area contributed by atoms with Gasteiger partial charge in [-0.2, -0.15) is 9.97 Å². The summed E-state index contributed by atoms with van der Waals surface area (Å²) in [5.74, 6) is 0.981. The largest absolute Gasteiger partial charge is 0.400 e. The van der Waals surface area contributed by atoms with Gasteiger partial charge in [0.05, 0.1) is 27.2 Å². The molecule has 0 saturated carbocycles. The zero-order chi connectivity index (χ0) is 35.0. The van der Waals surface area contributed by atoms with Gasteiger partial charge in [-0.15, -0.1) is 24.7 Å². The third-order valence-corrected chi connectivity index (χ3v) is 8.26. The van der Waals surface area contributed by atoms with Crippen molar-refractivity contribution >= 4 is 56.6 Å². The van der Waals surface area contributed by atoms with E-state index in [9.17, 15) is 19.2 Å². The van der Waals surface area contributed by atoms with Crippen LogP contribution in [0.15, 0.2) is 55.2 Å². The fourth-order valence-electron chi connectivity index (χ4n) is 5.52. The number of H-pyrrole nitrogens is 2. The second-order valence-corrected chi connectivity index (χ2v) is 11.7. The molecule has 0 amide bonds. The molecule has 4 aliphatic rings. The van der Waals surface area contributed by atoms with E-state index in [0.29, 0.717) is 41.7 Å². The van der Waals surface area contributed by atoms with Crippen LogP contribution in [-0.4, -0.2) is 64.6 Å². The minimum Gasteiger partial charge on any atom is -0.400 e. The molecule has 18 heteroatoms. The average molecular weight is 1060 g/mol. The average Bonchev–Trinajstić information content (AvgIpc) is 3.02. The molecule has 0 saturated heterocycles. The topological polar surface area (TPSA) is 168 Å². The summed E-state index contributed by atoms with van der Waals surface area (Å²) in [7, 11) is 3.49. The minimum atomic E-state index is -0.695. The van der Waals surface area contributed by atoms with E-state index in [1.165, 1.54) is 0 Å². The molecule has 2 aromatic carbocycles. The number of alkyl halides is 1. The van der Waals surface area contributed by atoms with Gasteiger partial charge in [0.1, 0.15) is 0 Å². The number of nitrogens with one attached hydrogen (secondary N) is 2. The maximum atomic E-state index is 12.0. The number of benzene rings is 2.